The van der Waals surface area contributed by atoms with E-state index in [1.807, 2.05) is 0 Å². The maximum absolute atomic E-state index is 10.8. The molecule has 1 rings (SSSR count). The van der Waals surface area contributed by atoms with Crippen molar-refractivity contribution in [2.24, 2.45) is 0 Å². The van der Waals surface area contributed by atoms with Gasteiger partial charge in [-0.2, -0.15) is 10.3 Å². The van der Waals surface area contributed by atoms with Crippen molar-refractivity contribution in [2.75, 3.05) is 17.8 Å². The fourth-order valence-corrected chi connectivity index (χ4v) is 0.611. The van der Waals surface area contributed by atoms with Crippen LogP contribution in [0.4, 0.5) is 10.6 Å². The summed E-state index contributed by atoms with van der Waals surface area (Å²) in [6, 6.07) is 0. The third kappa shape index (κ3) is 2.75. The van der Waals surface area contributed by atoms with Gasteiger partial charge in [0.25, 0.3) is 0 Å². The summed E-state index contributed by atoms with van der Waals surface area (Å²) in [7, 11) is 0. The van der Waals surface area contributed by atoms with E-state index in [-0.39, 0.29) is 12.5 Å². The van der Waals surface area contributed by atoms with Gasteiger partial charge < -0.3 is 4.74 Å². The third-order valence-electron chi connectivity index (χ3n) is 0.955. The molecule has 12 heavy (non-hydrogen) atoms. The molecule has 7 heteroatoms. The van der Waals surface area contributed by atoms with E-state index in [9.17, 15) is 4.79 Å². The fraction of sp³-hybridized carbons (Fsp3) is 0.400. The van der Waals surface area contributed by atoms with Crippen molar-refractivity contribution in [3.63, 3.8) is 0 Å². The van der Waals surface area contributed by atoms with E-state index in [1.165, 1.54) is 6.20 Å². The number of nitrogens with zero attached hydrogens (tertiary/aromatic N) is 2. The molecule has 0 spiro atoms. The lowest BCUT2D eigenvalue weighted by molar-refractivity contribution is 0.168. The Balaban J connectivity index is 2.27. The van der Waals surface area contributed by atoms with Gasteiger partial charge >= 0.3 is 6.09 Å². The lowest BCUT2D eigenvalue weighted by Gasteiger charge is -2.00. The van der Waals surface area contributed by atoms with Gasteiger partial charge in [0.2, 0.25) is 0 Å². The summed E-state index contributed by atoms with van der Waals surface area (Å²) in [6.45, 7) is 0.172. The van der Waals surface area contributed by atoms with Crippen molar-refractivity contribution in [3.05, 3.63) is 6.20 Å². The molecule has 0 aliphatic rings. The van der Waals surface area contributed by atoms with Crippen molar-refractivity contribution in [1.29, 1.82) is 0 Å². The van der Waals surface area contributed by atoms with Gasteiger partial charge in [-0.1, -0.05) is 0 Å². The molecule has 0 radical (unpaired) electrons. The van der Waals surface area contributed by atoms with E-state index in [0.717, 1.165) is 0 Å². The number of hydrogen-bond acceptors (Lipinski definition) is 4. The van der Waals surface area contributed by atoms with Gasteiger partial charge in [-0.25, -0.2) is 4.79 Å². The van der Waals surface area contributed by atoms with Crippen LogP contribution in [-0.2, 0) is 4.74 Å². The second-order valence-electron chi connectivity index (χ2n) is 1.81. The second-order valence-corrected chi connectivity index (χ2v) is 2.18. The average Bonchev–Trinajstić information content (AvgIpc) is 2.53. The molecule has 0 unspecified atom stereocenters. The Morgan fingerprint density at radius 2 is 2.67 bits per heavy atom. The summed E-state index contributed by atoms with van der Waals surface area (Å²) in [5, 5.41) is 11.7. The number of amides is 1. The largest absolute Gasteiger partial charge is 0.448 e. The molecule has 66 valence electrons. The first-order chi connectivity index (χ1) is 5.83. The number of hydrogen-bond donors (Lipinski definition) is 2. The summed E-state index contributed by atoms with van der Waals surface area (Å²) in [4.78, 5) is 10.8. The lowest BCUT2D eigenvalue weighted by atomic mass is 10.7. The number of rotatable bonds is 3. The number of anilines is 1. The zero-order valence-corrected chi connectivity index (χ0v) is 6.84. The van der Waals surface area contributed by atoms with Crippen molar-refractivity contribution < 1.29 is 9.53 Å². The number of aromatic nitrogens is 3. The Hall–Kier alpha value is -1.30. The van der Waals surface area contributed by atoms with Crippen LogP contribution in [0.25, 0.3) is 0 Å². The molecule has 1 aromatic heterocycles. The number of alkyl halides is 1. The summed E-state index contributed by atoms with van der Waals surface area (Å²) in [5.74, 6) is 0.584. The SMILES string of the molecule is O=C(Nc1cn[nH]n1)OCCCl. The molecule has 1 heterocycles. The normalized spacial score (nSPS) is 9.42. The minimum Gasteiger partial charge on any atom is -0.448 e. The lowest BCUT2D eigenvalue weighted by Crippen LogP contribution is -2.15. The van der Waals surface area contributed by atoms with Gasteiger partial charge in [-0.05, 0) is 0 Å². The average molecular weight is 191 g/mol. The van der Waals surface area contributed by atoms with Crippen molar-refractivity contribution in [3.8, 4) is 0 Å². The van der Waals surface area contributed by atoms with E-state index in [2.05, 4.69) is 25.5 Å². The first kappa shape index (κ1) is 8.79. The molecule has 0 bridgehead atoms. The minimum atomic E-state index is -0.593. The Morgan fingerprint density at radius 1 is 1.83 bits per heavy atom. The van der Waals surface area contributed by atoms with Gasteiger partial charge in [0.1, 0.15) is 6.61 Å². The molecule has 0 fully saturated rings. The number of carbonyl (C=O) groups excluding carboxylic acids is 1. The Morgan fingerprint density at radius 3 is 3.25 bits per heavy atom. The first-order valence-corrected chi connectivity index (χ1v) is 3.72. The van der Waals surface area contributed by atoms with Gasteiger partial charge in [-0.15, -0.1) is 16.7 Å². The number of ether oxygens (including phenoxy) is 1. The number of halogens is 1. The zero-order valence-electron chi connectivity index (χ0n) is 6.08. The minimum absolute atomic E-state index is 0.172. The van der Waals surface area contributed by atoms with Crippen molar-refractivity contribution >= 4 is 23.5 Å². The molecule has 0 saturated heterocycles. The zero-order chi connectivity index (χ0) is 8.81. The fourth-order valence-electron chi connectivity index (χ4n) is 0.534. The summed E-state index contributed by atoms with van der Waals surface area (Å²) in [6.07, 6.45) is 0.770. The highest BCUT2D eigenvalue weighted by molar-refractivity contribution is 6.18. The van der Waals surface area contributed by atoms with Gasteiger partial charge in [0, 0.05) is 0 Å². The number of aromatic amines is 1. The topological polar surface area (TPSA) is 79.9 Å². The van der Waals surface area contributed by atoms with Crippen LogP contribution in [0.2, 0.25) is 0 Å². The van der Waals surface area contributed by atoms with Crippen molar-refractivity contribution in [1.82, 2.24) is 15.4 Å². The van der Waals surface area contributed by atoms with Crippen LogP contribution in [0.1, 0.15) is 0 Å². The number of nitrogens with one attached hydrogen (secondary N) is 2. The predicted molar refractivity (Wildman–Crippen MR) is 42.1 cm³/mol. The standard InChI is InChI=1S/C5H7ClN4O2/c6-1-2-12-5(11)8-4-3-7-10-9-4/h3H,1-2H2,(H2,7,8,9,10,11). The molecule has 1 amide bonds. The van der Waals surface area contributed by atoms with Crippen LogP contribution in [0.5, 0.6) is 0 Å². The van der Waals surface area contributed by atoms with E-state index < -0.39 is 6.09 Å². The van der Waals surface area contributed by atoms with Gasteiger partial charge in [-0.3, -0.25) is 5.32 Å². The van der Waals surface area contributed by atoms with Crippen LogP contribution < -0.4 is 5.32 Å². The predicted octanol–water partition coefficient (Wildman–Crippen LogP) is 0.592. The highest BCUT2D eigenvalue weighted by Gasteiger charge is 2.03. The second kappa shape index (κ2) is 4.55. The Bertz CT molecular complexity index is 238. The number of carbonyl (C=O) groups is 1. The molecule has 1 aromatic rings. The molecular formula is C5H7ClN4O2. The summed E-state index contributed by atoms with van der Waals surface area (Å²) in [5.41, 5.74) is 0. The van der Waals surface area contributed by atoms with Crippen molar-refractivity contribution in [2.45, 2.75) is 0 Å². The van der Waals surface area contributed by atoms with Crippen LogP contribution in [0.15, 0.2) is 6.20 Å². The first-order valence-electron chi connectivity index (χ1n) is 3.18. The van der Waals surface area contributed by atoms with E-state index >= 15 is 0 Å². The molecule has 0 saturated carbocycles. The molecule has 2 N–H and O–H groups in total. The summed E-state index contributed by atoms with van der Waals surface area (Å²) >= 11 is 5.29. The van der Waals surface area contributed by atoms with Gasteiger partial charge in [0.15, 0.2) is 5.82 Å². The highest BCUT2D eigenvalue weighted by atomic mass is 35.5. The van der Waals surface area contributed by atoms with E-state index in [1.54, 1.807) is 0 Å². The van der Waals surface area contributed by atoms with Gasteiger partial charge in [0.05, 0.1) is 12.1 Å². The Kier molecular flexibility index (Phi) is 3.34. The Labute approximate surface area is 73.2 Å². The third-order valence-corrected chi connectivity index (χ3v) is 1.11. The van der Waals surface area contributed by atoms with E-state index in [4.69, 9.17) is 11.6 Å². The van der Waals surface area contributed by atoms with E-state index in [0.29, 0.717) is 5.82 Å². The highest BCUT2D eigenvalue weighted by Crippen LogP contribution is 1.96. The molecule has 6 nitrogen and oxygen atoms in total. The molecule has 0 atom stereocenters. The molecular weight excluding hydrogens is 184 g/mol. The van der Waals surface area contributed by atoms with Crippen LogP contribution in [-0.4, -0.2) is 34.0 Å². The maximum Gasteiger partial charge on any atom is 0.412 e. The number of H-pyrrole nitrogens is 1. The molecule has 0 aliphatic carbocycles. The van der Waals surface area contributed by atoms with Crippen LogP contribution in [0, 0.1) is 0 Å². The van der Waals surface area contributed by atoms with Crippen LogP contribution in [0.3, 0.4) is 0 Å². The van der Waals surface area contributed by atoms with Crippen LogP contribution >= 0.6 is 11.6 Å². The summed E-state index contributed by atoms with van der Waals surface area (Å²) < 4.78 is 4.60. The quantitative estimate of drug-likeness (QED) is 0.684. The molecule has 0 aliphatic heterocycles. The smallest absolute Gasteiger partial charge is 0.412 e. The molecule has 0 aromatic carbocycles. The maximum atomic E-state index is 10.8. The monoisotopic (exact) mass is 190 g/mol.